The summed E-state index contributed by atoms with van der Waals surface area (Å²) in [6.45, 7) is 1.86. The van der Waals surface area contributed by atoms with Gasteiger partial charge in [0.1, 0.15) is 5.82 Å². The van der Waals surface area contributed by atoms with Gasteiger partial charge in [0, 0.05) is 11.1 Å². The number of anilines is 1. The Hall–Kier alpha value is -4.50. The van der Waals surface area contributed by atoms with Gasteiger partial charge in [-0.25, -0.2) is 14.1 Å². The highest BCUT2D eigenvalue weighted by Gasteiger charge is 2.74. The van der Waals surface area contributed by atoms with Gasteiger partial charge in [-0.05, 0) is 48.9 Å². The quantitative estimate of drug-likeness (QED) is 0.298. The van der Waals surface area contributed by atoms with Gasteiger partial charge < -0.3 is 9.47 Å². The fraction of sp³-hybridized carbons (Fsp3) is 0.207. The lowest BCUT2D eigenvalue weighted by atomic mass is 9.77. The van der Waals surface area contributed by atoms with Gasteiger partial charge >= 0.3 is 5.97 Å². The fourth-order valence-electron chi connectivity index (χ4n) is 5.69. The number of halogens is 1. The molecule has 1 aliphatic carbocycles. The number of ether oxygens (including phenoxy) is 2. The average molecular weight is 513 g/mol. The van der Waals surface area contributed by atoms with Crippen LogP contribution >= 0.6 is 0 Å². The summed E-state index contributed by atoms with van der Waals surface area (Å²) in [4.78, 5) is 68.2. The van der Waals surface area contributed by atoms with Crippen LogP contribution < -0.4 is 4.90 Å². The summed E-state index contributed by atoms with van der Waals surface area (Å²) in [5.74, 6) is -6.50. The van der Waals surface area contributed by atoms with E-state index >= 15 is 0 Å². The molecule has 0 aromatic heterocycles. The Morgan fingerprint density at radius 3 is 2.08 bits per heavy atom. The Morgan fingerprint density at radius 2 is 1.50 bits per heavy atom. The van der Waals surface area contributed by atoms with E-state index in [1.54, 1.807) is 19.1 Å². The smallest absolute Gasteiger partial charge is 0.338 e. The first-order chi connectivity index (χ1) is 18.3. The molecule has 2 heterocycles. The molecule has 9 heteroatoms. The monoisotopic (exact) mass is 513 g/mol. The molecule has 1 spiro atoms. The molecule has 6 rings (SSSR count). The van der Waals surface area contributed by atoms with Gasteiger partial charge in [0.2, 0.25) is 29.0 Å². The molecule has 0 unspecified atom stereocenters. The van der Waals surface area contributed by atoms with Gasteiger partial charge in [0.15, 0.2) is 0 Å². The van der Waals surface area contributed by atoms with Crippen LogP contribution in [0.2, 0.25) is 0 Å². The summed E-state index contributed by atoms with van der Waals surface area (Å²) in [6, 6.07) is 17.1. The van der Waals surface area contributed by atoms with Gasteiger partial charge in [-0.15, -0.1) is 0 Å². The van der Waals surface area contributed by atoms with Gasteiger partial charge in [0.25, 0.3) is 0 Å². The summed E-state index contributed by atoms with van der Waals surface area (Å²) in [5.41, 5.74) is -1.22. The predicted molar refractivity (Wildman–Crippen MR) is 130 cm³/mol. The van der Waals surface area contributed by atoms with Crippen LogP contribution in [0.5, 0.6) is 0 Å². The number of carbonyl (C=O) groups is 5. The maximum absolute atomic E-state index is 13.9. The van der Waals surface area contributed by atoms with Crippen molar-refractivity contribution in [2.24, 2.45) is 11.8 Å². The molecule has 3 atom stereocenters. The number of benzene rings is 3. The highest BCUT2D eigenvalue weighted by molar-refractivity contribution is 6.37. The van der Waals surface area contributed by atoms with Crippen molar-refractivity contribution < 1.29 is 37.8 Å². The van der Waals surface area contributed by atoms with E-state index in [4.69, 9.17) is 9.47 Å². The number of hydrogen-bond acceptors (Lipinski definition) is 7. The minimum atomic E-state index is -2.22. The lowest BCUT2D eigenvalue weighted by Crippen LogP contribution is -2.51. The van der Waals surface area contributed by atoms with Crippen LogP contribution in [0.15, 0.2) is 72.8 Å². The molecule has 2 saturated heterocycles. The van der Waals surface area contributed by atoms with Crippen LogP contribution in [0.3, 0.4) is 0 Å². The third-order valence-electron chi connectivity index (χ3n) is 7.35. The van der Waals surface area contributed by atoms with E-state index in [0.717, 1.165) is 4.90 Å². The van der Waals surface area contributed by atoms with Crippen molar-refractivity contribution >= 4 is 35.0 Å². The van der Waals surface area contributed by atoms with E-state index < -0.39 is 58.7 Å². The number of hydrogen-bond donors (Lipinski definition) is 0. The second-order valence-corrected chi connectivity index (χ2v) is 9.31. The number of Topliss-reactive ketones (excluding diaryl/α,β-unsaturated/α-hetero) is 2. The number of esters is 1. The maximum Gasteiger partial charge on any atom is 0.338 e. The Bertz CT molecular complexity index is 1490. The molecule has 3 aromatic rings. The molecule has 0 saturated carbocycles. The molecule has 2 amide bonds. The fourth-order valence-corrected chi connectivity index (χ4v) is 5.69. The van der Waals surface area contributed by atoms with Crippen LogP contribution in [0.1, 0.15) is 49.7 Å². The Balaban J connectivity index is 1.46. The SMILES string of the molecule is CCOC(=O)c1ccc(N2C(=O)[C@@H]3[C@H](c4ccc(F)cc4)OC4(C(=O)c5ccccc5C4=O)[C@H]3C2=O)cc1. The molecule has 0 radical (unpaired) electrons. The third-order valence-corrected chi connectivity index (χ3v) is 7.35. The van der Waals surface area contributed by atoms with Crippen molar-refractivity contribution in [3.8, 4) is 0 Å². The van der Waals surface area contributed by atoms with E-state index in [0.29, 0.717) is 5.56 Å². The Kier molecular flexibility index (Phi) is 5.36. The number of amides is 2. The van der Waals surface area contributed by atoms with Crippen molar-refractivity contribution in [1.82, 2.24) is 0 Å². The van der Waals surface area contributed by atoms with E-state index in [1.807, 2.05) is 0 Å². The van der Waals surface area contributed by atoms with Crippen LogP contribution in [0.25, 0.3) is 0 Å². The molecule has 38 heavy (non-hydrogen) atoms. The van der Waals surface area contributed by atoms with E-state index in [-0.39, 0.29) is 29.0 Å². The number of nitrogens with zero attached hydrogens (tertiary/aromatic N) is 1. The lowest BCUT2D eigenvalue weighted by molar-refractivity contribution is -0.127. The molecule has 8 nitrogen and oxygen atoms in total. The Labute approximate surface area is 216 Å². The van der Waals surface area contributed by atoms with E-state index in [2.05, 4.69) is 0 Å². The average Bonchev–Trinajstić information content (AvgIpc) is 3.49. The summed E-state index contributed by atoms with van der Waals surface area (Å²) in [7, 11) is 0. The molecule has 3 aromatic carbocycles. The van der Waals surface area contributed by atoms with Crippen molar-refractivity contribution in [3.05, 3.63) is 101 Å². The molecule has 3 aliphatic rings. The molecule has 2 fully saturated rings. The van der Waals surface area contributed by atoms with Crippen molar-refractivity contribution in [2.75, 3.05) is 11.5 Å². The minimum Gasteiger partial charge on any atom is -0.462 e. The lowest BCUT2D eigenvalue weighted by Gasteiger charge is -2.27. The maximum atomic E-state index is 13.9. The number of rotatable bonds is 4. The highest BCUT2D eigenvalue weighted by atomic mass is 19.1. The molecular formula is C29H20FNO7. The molecule has 2 aliphatic heterocycles. The van der Waals surface area contributed by atoms with Crippen molar-refractivity contribution in [2.45, 2.75) is 18.6 Å². The first kappa shape index (κ1) is 23.9. The van der Waals surface area contributed by atoms with E-state index in [9.17, 15) is 28.4 Å². The summed E-state index contributed by atoms with van der Waals surface area (Å²) < 4.78 is 24.8. The number of imide groups is 1. The molecule has 0 N–H and O–H groups in total. The first-order valence-electron chi connectivity index (χ1n) is 12.1. The number of carbonyl (C=O) groups excluding carboxylic acids is 5. The topological polar surface area (TPSA) is 107 Å². The van der Waals surface area contributed by atoms with Crippen LogP contribution in [-0.2, 0) is 19.1 Å². The first-order valence-corrected chi connectivity index (χ1v) is 12.1. The second kappa shape index (κ2) is 8.53. The van der Waals surface area contributed by atoms with Gasteiger partial charge in [-0.1, -0.05) is 36.4 Å². The normalized spacial score (nSPS) is 23.2. The summed E-state index contributed by atoms with van der Waals surface area (Å²) in [6.07, 6.45) is -1.15. The van der Waals surface area contributed by atoms with Crippen molar-refractivity contribution in [1.29, 1.82) is 0 Å². The van der Waals surface area contributed by atoms with Crippen LogP contribution in [0.4, 0.5) is 10.1 Å². The molecule has 0 bridgehead atoms. The predicted octanol–water partition coefficient (Wildman–Crippen LogP) is 3.70. The van der Waals surface area contributed by atoms with Crippen LogP contribution in [-0.4, -0.2) is 41.6 Å². The highest BCUT2D eigenvalue weighted by Crippen LogP contribution is 2.57. The number of fused-ring (bicyclic) bond motifs is 3. The second-order valence-electron chi connectivity index (χ2n) is 9.31. The summed E-state index contributed by atoms with van der Waals surface area (Å²) >= 11 is 0. The minimum absolute atomic E-state index is 0.119. The standard InChI is InChI=1S/C29H20FNO7/c1-2-37-28(36)16-9-13-18(14-10-16)31-26(34)21-22(27(31)35)29(38-23(21)15-7-11-17(30)12-8-15)24(32)19-5-3-4-6-20(19)25(29)33/h3-14,21-23H,2H2,1H3/t21-,22+,23-/m0/s1. The Morgan fingerprint density at radius 1 is 0.895 bits per heavy atom. The zero-order valence-electron chi connectivity index (χ0n) is 20.1. The van der Waals surface area contributed by atoms with Crippen LogP contribution in [0, 0.1) is 17.7 Å². The van der Waals surface area contributed by atoms with Gasteiger partial charge in [-0.3, -0.25) is 19.2 Å². The largest absolute Gasteiger partial charge is 0.462 e. The molecular weight excluding hydrogens is 493 g/mol. The number of ketones is 2. The third kappa shape index (κ3) is 3.15. The van der Waals surface area contributed by atoms with Gasteiger partial charge in [0.05, 0.1) is 35.8 Å². The molecule has 190 valence electrons. The van der Waals surface area contributed by atoms with E-state index in [1.165, 1.54) is 60.7 Å². The van der Waals surface area contributed by atoms with Gasteiger partial charge in [-0.2, -0.15) is 0 Å². The summed E-state index contributed by atoms with van der Waals surface area (Å²) in [5, 5.41) is 0. The zero-order valence-corrected chi connectivity index (χ0v) is 20.1. The zero-order chi connectivity index (χ0) is 26.8. The van der Waals surface area contributed by atoms with Crippen molar-refractivity contribution in [3.63, 3.8) is 0 Å².